The summed E-state index contributed by atoms with van der Waals surface area (Å²) in [5.41, 5.74) is 2.31. The molecular weight excluding hydrogens is 276 g/mol. The normalized spacial score (nSPS) is 18.4. The van der Waals surface area contributed by atoms with Gasteiger partial charge in [-0.2, -0.15) is 0 Å². The Morgan fingerprint density at radius 2 is 2.32 bits per heavy atom. The molecule has 116 valence electrons. The third kappa shape index (κ3) is 3.72. The van der Waals surface area contributed by atoms with E-state index in [9.17, 15) is 4.79 Å². The van der Waals surface area contributed by atoms with Gasteiger partial charge in [0.15, 0.2) is 0 Å². The molecule has 1 aliphatic heterocycles. The second-order valence-electron chi connectivity index (χ2n) is 6.09. The topological polar surface area (TPSA) is 51.0 Å². The number of likely N-dealkylation sites (tertiary alicyclic amines) is 1. The van der Waals surface area contributed by atoms with Crippen LogP contribution in [0.5, 0.6) is 0 Å². The zero-order valence-electron chi connectivity index (χ0n) is 13.0. The Morgan fingerprint density at radius 3 is 3.05 bits per heavy atom. The number of aromatic nitrogens is 3. The van der Waals surface area contributed by atoms with Crippen molar-refractivity contribution in [2.24, 2.45) is 5.92 Å². The molecule has 0 bridgehead atoms. The minimum atomic E-state index is 0.185. The summed E-state index contributed by atoms with van der Waals surface area (Å²) in [5, 5.41) is 0. The number of rotatable bonds is 4. The number of hydrogen-bond acceptors (Lipinski definition) is 3. The molecule has 3 rings (SSSR count). The Labute approximate surface area is 131 Å². The fraction of sp³-hybridized carbons (Fsp3) is 0.471. The van der Waals surface area contributed by atoms with Crippen molar-refractivity contribution in [1.82, 2.24) is 19.4 Å². The Bertz CT molecular complexity index is 606. The molecule has 0 spiro atoms. The lowest BCUT2D eigenvalue weighted by Crippen LogP contribution is -2.42. The molecule has 1 fully saturated rings. The van der Waals surface area contributed by atoms with Gasteiger partial charge >= 0.3 is 0 Å². The molecule has 0 saturated carbocycles. The Kier molecular flexibility index (Phi) is 4.51. The molecule has 0 radical (unpaired) electrons. The smallest absolute Gasteiger partial charge is 0.242 e. The molecule has 22 heavy (non-hydrogen) atoms. The number of carbonyl (C=O) groups is 1. The molecule has 0 aromatic carbocycles. The molecule has 0 N–H and O–H groups in total. The maximum Gasteiger partial charge on any atom is 0.242 e. The Morgan fingerprint density at radius 1 is 1.41 bits per heavy atom. The van der Waals surface area contributed by atoms with E-state index in [1.807, 2.05) is 28.8 Å². The minimum absolute atomic E-state index is 0.185. The van der Waals surface area contributed by atoms with Crippen molar-refractivity contribution in [3.63, 3.8) is 0 Å². The zero-order valence-corrected chi connectivity index (χ0v) is 13.0. The number of nitrogens with zero attached hydrogens (tertiary/aromatic N) is 4. The van der Waals surface area contributed by atoms with Crippen LogP contribution in [0, 0.1) is 12.8 Å². The van der Waals surface area contributed by atoms with Crippen LogP contribution < -0.4 is 0 Å². The van der Waals surface area contributed by atoms with E-state index in [1.165, 1.54) is 12.0 Å². The number of amides is 1. The van der Waals surface area contributed by atoms with Crippen molar-refractivity contribution in [2.75, 3.05) is 13.1 Å². The number of carbonyl (C=O) groups excluding carboxylic acids is 1. The van der Waals surface area contributed by atoms with Gasteiger partial charge in [-0.25, -0.2) is 4.98 Å². The first-order chi connectivity index (χ1) is 10.7. The van der Waals surface area contributed by atoms with E-state index in [1.54, 1.807) is 12.5 Å². The van der Waals surface area contributed by atoms with Crippen LogP contribution in [-0.4, -0.2) is 38.4 Å². The van der Waals surface area contributed by atoms with Gasteiger partial charge in [0.25, 0.3) is 0 Å². The summed E-state index contributed by atoms with van der Waals surface area (Å²) in [6, 6.07) is 4.20. The molecule has 2 aromatic rings. The van der Waals surface area contributed by atoms with Gasteiger partial charge in [0.2, 0.25) is 5.91 Å². The zero-order chi connectivity index (χ0) is 15.4. The third-order valence-electron chi connectivity index (χ3n) is 4.25. The van der Waals surface area contributed by atoms with E-state index >= 15 is 0 Å². The highest BCUT2D eigenvalue weighted by atomic mass is 16.2. The Hall–Kier alpha value is -2.17. The van der Waals surface area contributed by atoms with Gasteiger partial charge in [-0.05, 0) is 43.7 Å². The van der Waals surface area contributed by atoms with Gasteiger partial charge in [0, 0.05) is 37.4 Å². The van der Waals surface area contributed by atoms with Crippen LogP contribution in [0.4, 0.5) is 0 Å². The lowest BCUT2D eigenvalue weighted by atomic mass is 9.92. The van der Waals surface area contributed by atoms with Gasteiger partial charge in [-0.15, -0.1) is 0 Å². The van der Waals surface area contributed by atoms with Crippen LogP contribution in [-0.2, 0) is 17.8 Å². The first kappa shape index (κ1) is 14.8. The molecule has 1 amide bonds. The number of hydrogen-bond donors (Lipinski definition) is 0. The standard InChI is InChI=1S/C17H22N4O/c1-14-4-5-15(10-19-14)9-16-3-2-7-21(11-16)17(22)12-20-8-6-18-13-20/h4-6,8,10,13,16H,2-3,7,9,11-12H2,1H3/t16-/m1/s1. The average Bonchev–Trinajstić information content (AvgIpc) is 3.03. The number of aryl methyl sites for hydroxylation is 1. The lowest BCUT2D eigenvalue weighted by Gasteiger charge is -2.33. The molecule has 0 unspecified atom stereocenters. The minimum Gasteiger partial charge on any atom is -0.341 e. The third-order valence-corrected chi connectivity index (χ3v) is 4.25. The highest BCUT2D eigenvalue weighted by molar-refractivity contribution is 5.76. The van der Waals surface area contributed by atoms with Crippen LogP contribution in [0.15, 0.2) is 37.1 Å². The second-order valence-corrected chi connectivity index (χ2v) is 6.09. The van der Waals surface area contributed by atoms with Gasteiger partial charge in [0.05, 0.1) is 6.33 Å². The molecule has 3 heterocycles. The van der Waals surface area contributed by atoms with E-state index in [4.69, 9.17) is 0 Å². The highest BCUT2D eigenvalue weighted by Gasteiger charge is 2.23. The fourth-order valence-electron chi connectivity index (χ4n) is 3.05. The van der Waals surface area contributed by atoms with E-state index in [0.29, 0.717) is 12.5 Å². The van der Waals surface area contributed by atoms with E-state index in [0.717, 1.165) is 31.6 Å². The SMILES string of the molecule is Cc1ccc(C[C@H]2CCCN(C(=O)Cn3ccnc3)C2)cn1. The van der Waals surface area contributed by atoms with Crippen molar-refractivity contribution in [3.8, 4) is 0 Å². The highest BCUT2D eigenvalue weighted by Crippen LogP contribution is 2.21. The summed E-state index contributed by atoms with van der Waals surface area (Å²) in [6.07, 6.45) is 10.5. The predicted molar refractivity (Wildman–Crippen MR) is 84.2 cm³/mol. The van der Waals surface area contributed by atoms with Crippen LogP contribution in [0.25, 0.3) is 0 Å². The molecule has 1 atom stereocenters. The number of piperidine rings is 1. The maximum absolute atomic E-state index is 12.4. The molecule has 1 saturated heterocycles. The van der Waals surface area contributed by atoms with Crippen molar-refractivity contribution in [3.05, 3.63) is 48.3 Å². The van der Waals surface area contributed by atoms with Crippen LogP contribution >= 0.6 is 0 Å². The fourth-order valence-corrected chi connectivity index (χ4v) is 3.05. The molecule has 2 aromatic heterocycles. The molecular formula is C17H22N4O. The predicted octanol–water partition coefficient (Wildman–Crippen LogP) is 2.07. The van der Waals surface area contributed by atoms with Gasteiger partial charge < -0.3 is 9.47 Å². The summed E-state index contributed by atoms with van der Waals surface area (Å²) in [5.74, 6) is 0.717. The number of imidazole rings is 1. The average molecular weight is 298 g/mol. The summed E-state index contributed by atoms with van der Waals surface area (Å²) in [7, 11) is 0. The van der Waals surface area contributed by atoms with Crippen molar-refractivity contribution in [1.29, 1.82) is 0 Å². The van der Waals surface area contributed by atoms with E-state index in [2.05, 4.69) is 22.1 Å². The second kappa shape index (κ2) is 6.73. The summed E-state index contributed by atoms with van der Waals surface area (Å²) in [4.78, 5) is 22.7. The van der Waals surface area contributed by atoms with E-state index in [-0.39, 0.29) is 5.91 Å². The molecule has 5 nitrogen and oxygen atoms in total. The van der Waals surface area contributed by atoms with Crippen molar-refractivity contribution in [2.45, 2.75) is 32.7 Å². The van der Waals surface area contributed by atoms with Crippen LogP contribution in [0.2, 0.25) is 0 Å². The first-order valence-electron chi connectivity index (χ1n) is 7.86. The Balaban J connectivity index is 1.56. The van der Waals surface area contributed by atoms with Gasteiger partial charge in [0.1, 0.15) is 6.54 Å². The largest absolute Gasteiger partial charge is 0.341 e. The number of pyridine rings is 1. The van der Waals surface area contributed by atoms with E-state index < -0.39 is 0 Å². The van der Waals surface area contributed by atoms with Crippen LogP contribution in [0.3, 0.4) is 0 Å². The monoisotopic (exact) mass is 298 g/mol. The first-order valence-corrected chi connectivity index (χ1v) is 7.86. The van der Waals surface area contributed by atoms with Crippen molar-refractivity contribution >= 4 is 5.91 Å². The van der Waals surface area contributed by atoms with Crippen molar-refractivity contribution < 1.29 is 4.79 Å². The molecule has 5 heteroatoms. The van der Waals surface area contributed by atoms with Gasteiger partial charge in [-0.1, -0.05) is 6.07 Å². The van der Waals surface area contributed by atoms with Crippen LogP contribution in [0.1, 0.15) is 24.1 Å². The summed E-state index contributed by atoms with van der Waals surface area (Å²) < 4.78 is 1.83. The maximum atomic E-state index is 12.4. The van der Waals surface area contributed by atoms with Gasteiger partial charge in [-0.3, -0.25) is 9.78 Å². The lowest BCUT2D eigenvalue weighted by molar-refractivity contribution is -0.133. The molecule has 1 aliphatic rings. The summed E-state index contributed by atoms with van der Waals surface area (Å²) in [6.45, 7) is 4.11. The molecule has 0 aliphatic carbocycles. The quantitative estimate of drug-likeness (QED) is 0.868. The summed E-state index contributed by atoms with van der Waals surface area (Å²) >= 11 is 0.